The molecular formula is C23H22ClF4N5O3. The topological polar surface area (TPSA) is 91.5 Å². The van der Waals surface area contributed by atoms with Crippen LogP contribution in [-0.4, -0.2) is 61.0 Å². The third-order valence-corrected chi connectivity index (χ3v) is 5.60. The Balaban J connectivity index is 2.03. The van der Waals surface area contributed by atoms with Gasteiger partial charge in [0.2, 0.25) is 0 Å². The zero-order valence-electron chi connectivity index (χ0n) is 19.1. The number of anilines is 1. The largest absolute Gasteiger partial charge is 0.453 e. The van der Waals surface area contributed by atoms with Crippen LogP contribution >= 0.6 is 11.6 Å². The van der Waals surface area contributed by atoms with Crippen LogP contribution in [0.4, 0.5) is 32.8 Å². The Hall–Kier alpha value is -3.80. The number of rotatable bonds is 4. The Kier molecular flexibility index (Phi) is 8.08. The number of halogens is 5. The highest BCUT2D eigenvalue weighted by atomic mass is 35.5. The molecule has 1 heterocycles. The summed E-state index contributed by atoms with van der Waals surface area (Å²) in [6, 6.07) is 6.08. The van der Waals surface area contributed by atoms with Crippen molar-refractivity contribution in [3.05, 3.63) is 76.8 Å². The Bertz CT molecular complexity index is 1180. The number of urea groups is 1. The van der Waals surface area contributed by atoms with Crippen molar-refractivity contribution in [2.24, 2.45) is 10.7 Å². The lowest BCUT2D eigenvalue weighted by molar-refractivity contribution is -0.137. The van der Waals surface area contributed by atoms with Gasteiger partial charge in [0, 0.05) is 31.2 Å². The summed E-state index contributed by atoms with van der Waals surface area (Å²) >= 11 is 5.86. The van der Waals surface area contributed by atoms with Crippen LogP contribution in [0.5, 0.6) is 0 Å². The maximum atomic E-state index is 14.9. The number of hydrogen-bond donors (Lipinski definition) is 1. The summed E-state index contributed by atoms with van der Waals surface area (Å²) in [6.07, 6.45) is -5.09. The van der Waals surface area contributed by atoms with E-state index in [1.54, 1.807) is 4.90 Å². The number of carbonyl (C=O) groups excluding carboxylic acids is 2. The molecule has 0 aliphatic carbocycles. The van der Waals surface area contributed by atoms with Crippen LogP contribution in [0.1, 0.15) is 11.1 Å². The minimum Gasteiger partial charge on any atom is -0.453 e. The number of primary amides is 1. The molecule has 0 spiro atoms. The van der Waals surface area contributed by atoms with E-state index < -0.39 is 29.7 Å². The van der Waals surface area contributed by atoms with Crippen molar-refractivity contribution < 1.29 is 31.9 Å². The molecule has 0 aromatic heterocycles. The molecule has 0 saturated carbocycles. The Morgan fingerprint density at radius 1 is 1.08 bits per heavy atom. The van der Waals surface area contributed by atoms with Gasteiger partial charge in [0.1, 0.15) is 11.6 Å². The molecule has 13 heteroatoms. The van der Waals surface area contributed by atoms with Crippen molar-refractivity contribution in [3.63, 3.8) is 0 Å². The Labute approximate surface area is 209 Å². The summed E-state index contributed by atoms with van der Waals surface area (Å²) in [5.41, 5.74) is 4.36. The van der Waals surface area contributed by atoms with Crippen LogP contribution in [-0.2, 0) is 10.9 Å². The minimum absolute atomic E-state index is 0.0769. The second-order valence-corrected chi connectivity index (χ2v) is 8.07. The molecule has 2 aromatic rings. The number of nitrogens with two attached hydrogens (primary N) is 1. The summed E-state index contributed by atoms with van der Waals surface area (Å²) in [7, 11) is 1.27. The number of hydrogen-bond acceptors (Lipinski definition) is 5. The predicted molar refractivity (Wildman–Crippen MR) is 126 cm³/mol. The van der Waals surface area contributed by atoms with Crippen molar-refractivity contribution in [3.8, 4) is 0 Å². The number of piperazine rings is 1. The van der Waals surface area contributed by atoms with E-state index in [0.717, 1.165) is 35.2 Å². The molecule has 2 aromatic carbocycles. The molecule has 3 amide bonds. The van der Waals surface area contributed by atoms with E-state index in [4.69, 9.17) is 22.1 Å². The lowest BCUT2D eigenvalue weighted by atomic mass is 10.1. The molecule has 1 aliphatic heterocycles. The second kappa shape index (κ2) is 10.9. The fourth-order valence-electron chi connectivity index (χ4n) is 3.52. The van der Waals surface area contributed by atoms with Gasteiger partial charge in [-0.2, -0.15) is 13.2 Å². The van der Waals surface area contributed by atoms with Crippen LogP contribution in [0, 0.1) is 5.82 Å². The van der Waals surface area contributed by atoms with E-state index in [0.29, 0.717) is 26.2 Å². The first-order valence-corrected chi connectivity index (χ1v) is 10.9. The summed E-state index contributed by atoms with van der Waals surface area (Å²) in [4.78, 5) is 32.5. The molecule has 3 rings (SSSR count). The van der Waals surface area contributed by atoms with Gasteiger partial charge < -0.3 is 20.3 Å². The van der Waals surface area contributed by atoms with Crippen LogP contribution < -0.4 is 10.6 Å². The number of alkyl halides is 3. The molecule has 0 unspecified atom stereocenters. The summed E-state index contributed by atoms with van der Waals surface area (Å²) in [5, 5.41) is 0.0773. The van der Waals surface area contributed by atoms with Gasteiger partial charge >= 0.3 is 18.3 Å². The van der Waals surface area contributed by atoms with Crippen molar-refractivity contribution in [2.45, 2.75) is 6.18 Å². The number of benzene rings is 2. The summed E-state index contributed by atoms with van der Waals surface area (Å²) < 4.78 is 58.7. The van der Waals surface area contributed by atoms with Crippen LogP contribution in [0.3, 0.4) is 0 Å². The number of carbonyl (C=O) groups is 2. The molecule has 2 N–H and O–H groups in total. The highest BCUT2D eigenvalue weighted by molar-refractivity contribution is 6.31. The maximum absolute atomic E-state index is 14.9. The average Bonchev–Trinajstić information content (AvgIpc) is 2.83. The van der Waals surface area contributed by atoms with E-state index in [9.17, 15) is 27.2 Å². The fourth-order valence-corrected chi connectivity index (χ4v) is 3.68. The Morgan fingerprint density at radius 3 is 2.17 bits per heavy atom. The predicted octanol–water partition coefficient (Wildman–Crippen LogP) is 4.69. The molecular weight excluding hydrogens is 506 g/mol. The van der Waals surface area contributed by atoms with Crippen LogP contribution in [0.15, 0.2) is 59.9 Å². The molecule has 1 fully saturated rings. The molecule has 0 radical (unpaired) electrons. The van der Waals surface area contributed by atoms with Crippen molar-refractivity contribution in [1.82, 2.24) is 9.80 Å². The van der Waals surface area contributed by atoms with Crippen LogP contribution in [0.2, 0.25) is 5.02 Å². The molecule has 192 valence electrons. The van der Waals surface area contributed by atoms with Gasteiger partial charge in [-0.1, -0.05) is 18.2 Å². The second-order valence-electron chi connectivity index (χ2n) is 7.64. The van der Waals surface area contributed by atoms with E-state index in [1.165, 1.54) is 24.1 Å². The number of nitrogens with zero attached hydrogens (tertiary/aromatic N) is 4. The SMILES string of the molecule is C=C(N=C(c1ccc(Cl)cc1F)N(C(N)=O)c1ccc(C(F)(F)F)cc1)N1CCN(C(=O)OC)CC1. The monoisotopic (exact) mass is 527 g/mol. The number of ether oxygens (including phenoxy) is 1. The number of amides is 3. The Morgan fingerprint density at radius 2 is 1.67 bits per heavy atom. The molecule has 0 atom stereocenters. The standard InChI is InChI=1S/C23H22ClF4N5O3/c1-14(31-9-11-32(12-10-31)22(35)36-2)30-20(18-8-5-16(24)13-19(18)25)33(21(29)34)17-6-3-15(4-7-17)23(26,27)28/h3-8,13H,1,9-12H2,2H3,(H2,29,34). The van der Waals surface area contributed by atoms with Crippen LogP contribution in [0.25, 0.3) is 0 Å². The van der Waals surface area contributed by atoms with E-state index in [2.05, 4.69) is 11.6 Å². The number of aliphatic imine (C=N–C) groups is 1. The lowest BCUT2D eigenvalue weighted by Crippen LogP contribution is -2.48. The summed E-state index contributed by atoms with van der Waals surface area (Å²) in [5.74, 6) is -1.04. The zero-order chi connectivity index (χ0) is 26.6. The third kappa shape index (κ3) is 6.06. The van der Waals surface area contributed by atoms with Gasteiger partial charge in [0.25, 0.3) is 0 Å². The molecule has 0 bridgehead atoms. The van der Waals surface area contributed by atoms with Gasteiger partial charge in [0.05, 0.1) is 23.9 Å². The zero-order valence-corrected chi connectivity index (χ0v) is 19.8. The van der Waals surface area contributed by atoms with Crippen molar-refractivity contribution in [1.29, 1.82) is 0 Å². The highest BCUT2D eigenvalue weighted by Crippen LogP contribution is 2.31. The first-order valence-electron chi connectivity index (χ1n) is 10.5. The molecule has 1 saturated heterocycles. The molecule has 1 aliphatic rings. The average molecular weight is 528 g/mol. The molecule has 36 heavy (non-hydrogen) atoms. The first kappa shape index (κ1) is 26.8. The van der Waals surface area contributed by atoms with Crippen molar-refractivity contribution >= 4 is 35.2 Å². The quantitative estimate of drug-likeness (QED) is 0.355. The summed E-state index contributed by atoms with van der Waals surface area (Å²) in [6.45, 7) is 5.10. The first-order chi connectivity index (χ1) is 16.9. The molecule has 8 nitrogen and oxygen atoms in total. The van der Waals surface area contributed by atoms with Gasteiger partial charge in [-0.15, -0.1) is 0 Å². The normalized spacial score (nSPS) is 14.4. The highest BCUT2D eigenvalue weighted by Gasteiger charge is 2.31. The number of methoxy groups -OCH3 is 1. The van der Waals surface area contributed by atoms with Gasteiger partial charge in [-0.3, -0.25) is 0 Å². The van der Waals surface area contributed by atoms with Crippen molar-refractivity contribution in [2.75, 3.05) is 38.2 Å². The lowest BCUT2D eigenvalue weighted by Gasteiger charge is -2.35. The fraction of sp³-hybridized carbons (Fsp3) is 0.261. The van der Waals surface area contributed by atoms with E-state index in [-0.39, 0.29) is 27.9 Å². The maximum Gasteiger partial charge on any atom is 0.416 e. The number of amidine groups is 1. The van der Waals surface area contributed by atoms with E-state index in [1.807, 2.05) is 0 Å². The smallest absolute Gasteiger partial charge is 0.416 e. The van der Waals surface area contributed by atoms with E-state index >= 15 is 0 Å². The third-order valence-electron chi connectivity index (χ3n) is 5.37. The van der Waals surface area contributed by atoms with Gasteiger partial charge in [-0.25, -0.2) is 23.9 Å². The van der Waals surface area contributed by atoms with Gasteiger partial charge in [0.15, 0.2) is 5.84 Å². The minimum atomic E-state index is -4.60. The van der Waals surface area contributed by atoms with Gasteiger partial charge in [-0.05, 0) is 42.5 Å².